The Morgan fingerprint density at radius 1 is 1.20 bits per heavy atom. The van der Waals surface area contributed by atoms with E-state index >= 15 is 0 Å². The Kier molecular flexibility index (Phi) is 3.22. The highest BCUT2D eigenvalue weighted by atomic mass is 16.3. The van der Waals surface area contributed by atoms with Crippen molar-refractivity contribution in [3.8, 4) is 0 Å². The number of rotatable bonds is 2. The number of aryl methyl sites for hydroxylation is 1. The summed E-state index contributed by atoms with van der Waals surface area (Å²) in [5.41, 5.74) is 2.30. The SMILES string of the molecule is Cc1ccc(C(O)C2CC=CCC2)cc1. The van der Waals surface area contributed by atoms with E-state index in [9.17, 15) is 5.11 Å². The number of aliphatic hydroxyl groups excluding tert-OH is 1. The summed E-state index contributed by atoms with van der Waals surface area (Å²) in [5, 5.41) is 10.2. The molecular weight excluding hydrogens is 184 g/mol. The van der Waals surface area contributed by atoms with Crippen LogP contribution in [-0.4, -0.2) is 5.11 Å². The van der Waals surface area contributed by atoms with Crippen molar-refractivity contribution in [1.82, 2.24) is 0 Å². The van der Waals surface area contributed by atoms with E-state index in [-0.39, 0.29) is 6.10 Å². The van der Waals surface area contributed by atoms with Gasteiger partial charge in [0.2, 0.25) is 0 Å². The lowest BCUT2D eigenvalue weighted by atomic mass is 9.86. The molecule has 2 atom stereocenters. The third-order valence-electron chi connectivity index (χ3n) is 3.18. The van der Waals surface area contributed by atoms with Crippen LogP contribution in [-0.2, 0) is 0 Å². The zero-order valence-electron chi connectivity index (χ0n) is 9.19. The van der Waals surface area contributed by atoms with Crippen LogP contribution in [0.15, 0.2) is 36.4 Å². The molecule has 0 bridgehead atoms. The van der Waals surface area contributed by atoms with Gasteiger partial charge in [0.05, 0.1) is 6.10 Å². The van der Waals surface area contributed by atoms with Gasteiger partial charge in [0.15, 0.2) is 0 Å². The molecule has 0 radical (unpaired) electrons. The fraction of sp³-hybridized carbons (Fsp3) is 0.429. The van der Waals surface area contributed by atoms with Crippen LogP contribution in [0.2, 0.25) is 0 Å². The van der Waals surface area contributed by atoms with Gasteiger partial charge in [-0.3, -0.25) is 0 Å². The number of hydrogen-bond acceptors (Lipinski definition) is 1. The van der Waals surface area contributed by atoms with Crippen LogP contribution in [0.1, 0.15) is 36.5 Å². The van der Waals surface area contributed by atoms with Gasteiger partial charge in [0.25, 0.3) is 0 Å². The molecule has 1 heteroatoms. The minimum absolute atomic E-state index is 0.296. The molecule has 0 saturated carbocycles. The molecule has 0 spiro atoms. The lowest BCUT2D eigenvalue weighted by Gasteiger charge is -2.24. The smallest absolute Gasteiger partial charge is 0.0821 e. The largest absolute Gasteiger partial charge is 0.388 e. The fourth-order valence-corrected chi connectivity index (χ4v) is 2.14. The molecule has 0 aromatic heterocycles. The van der Waals surface area contributed by atoms with Crippen molar-refractivity contribution >= 4 is 0 Å². The normalized spacial score (nSPS) is 22.7. The van der Waals surface area contributed by atoms with Gasteiger partial charge in [-0.2, -0.15) is 0 Å². The Morgan fingerprint density at radius 2 is 1.93 bits per heavy atom. The van der Waals surface area contributed by atoms with Gasteiger partial charge < -0.3 is 5.11 Å². The summed E-state index contributed by atoms with van der Waals surface area (Å²) in [4.78, 5) is 0. The Labute approximate surface area is 91.4 Å². The molecule has 0 amide bonds. The molecule has 0 heterocycles. The highest BCUT2D eigenvalue weighted by molar-refractivity contribution is 5.23. The van der Waals surface area contributed by atoms with E-state index in [1.54, 1.807) is 0 Å². The first-order chi connectivity index (χ1) is 7.27. The molecule has 1 aromatic carbocycles. The molecule has 15 heavy (non-hydrogen) atoms. The zero-order chi connectivity index (χ0) is 10.7. The van der Waals surface area contributed by atoms with Crippen molar-refractivity contribution < 1.29 is 5.11 Å². The minimum atomic E-state index is -0.296. The van der Waals surface area contributed by atoms with Crippen molar-refractivity contribution in [2.75, 3.05) is 0 Å². The summed E-state index contributed by atoms with van der Waals surface area (Å²) >= 11 is 0. The van der Waals surface area contributed by atoms with E-state index in [0.717, 1.165) is 24.8 Å². The van der Waals surface area contributed by atoms with Crippen molar-refractivity contribution in [1.29, 1.82) is 0 Å². The van der Waals surface area contributed by atoms with Gasteiger partial charge in [-0.15, -0.1) is 0 Å². The first kappa shape index (κ1) is 10.4. The van der Waals surface area contributed by atoms with Crippen LogP contribution >= 0.6 is 0 Å². The predicted octanol–water partition coefficient (Wildman–Crippen LogP) is 3.38. The summed E-state index contributed by atoms with van der Waals surface area (Å²) in [5.74, 6) is 0.401. The van der Waals surface area contributed by atoms with Crippen LogP contribution in [0.3, 0.4) is 0 Å². The third-order valence-corrected chi connectivity index (χ3v) is 3.18. The highest BCUT2D eigenvalue weighted by Crippen LogP contribution is 2.31. The monoisotopic (exact) mass is 202 g/mol. The molecule has 0 fully saturated rings. The molecular formula is C14H18O. The second-order valence-corrected chi connectivity index (χ2v) is 4.40. The molecule has 1 nitrogen and oxygen atoms in total. The highest BCUT2D eigenvalue weighted by Gasteiger charge is 2.20. The maximum atomic E-state index is 10.2. The van der Waals surface area contributed by atoms with E-state index < -0.39 is 0 Å². The number of benzene rings is 1. The first-order valence-electron chi connectivity index (χ1n) is 5.67. The summed E-state index contributed by atoms with van der Waals surface area (Å²) in [6, 6.07) is 8.21. The van der Waals surface area contributed by atoms with Crippen LogP contribution in [0.4, 0.5) is 0 Å². The van der Waals surface area contributed by atoms with Crippen molar-refractivity contribution in [3.63, 3.8) is 0 Å². The van der Waals surface area contributed by atoms with Crippen LogP contribution in [0.5, 0.6) is 0 Å². The topological polar surface area (TPSA) is 20.2 Å². The maximum absolute atomic E-state index is 10.2. The summed E-state index contributed by atoms with van der Waals surface area (Å²) in [7, 11) is 0. The lowest BCUT2D eigenvalue weighted by Crippen LogP contribution is -2.13. The molecule has 80 valence electrons. The van der Waals surface area contributed by atoms with Crippen molar-refractivity contribution in [3.05, 3.63) is 47.5 Å². The van der Waals surface area contributed by atoms with E-state index in [1.165, 1.54) is 5.56 Å². The zero-order valence-corrected chi connectivity index (χ0v) is 9.19. The van der Waals surface area contributed by atoms with Gasteiger partial charge in [0.1, 0.15) is 0 Å². The van der Waals surface area contributed by atoms with E-state index in [1.807, 2.05) is 12.1 Å². The van der Waals surface area contributed by atoms with Gasteiger partial charge in [-0.25, -0.2) is 0 Å². The van der Waals surface area contributed by atoms with Gasteiger partial charge >= 0.3 is 0 Å². The van der Waals surface area contributed by atoms with Crippen molar-refractivity contribution in [2.45, 2.75) is 32.3 Å². The van der Waals surface area contributed by atoms with Gasteiger partial charge in [0, 0.05) is 0 Å². The van der Waals surface area contributed by atoms with Crippen molar-refractivity contribution in [2.24, 2.45) is 5.92 Å². The molecule has 1 aliphatic carbocycles. The average molecular weight is 202 g/mol. The number of allylic oxidation sites excluding steroid dienone is 2. The maximum Gasteiger partial charge on any atom is 0.0821 e. The third kappa shape index (κ3) is 2.48. The Hall–Kier alpha value is -1.08. The molecule has 0 saturated heterocycles. The van der Waals surface area contributed by atoms with E-state index in [0.29, 0.717) is 5.92 Å². The van der Waals surface area contributed by atoms with Gasteiger partial charge in [-0.1, -0.05) is 42.0 Å². The summed E-state index contributed by atoms with van der Waals surface area (Å²) in [6.45, 7) is 2.07. The molecule has 1 N–H and O–H groups in total. The number of hydrogen-bond donors (Lipinski definition) is 1. The van der Waals surface area contributed by atoms with Crippen LogP contribution in [0.25, 0.3) is 0 Å². The summed E-state index contributed by atoms with van der Waals surface area (Å²) in [6.07, 6.45) is 7.31. The van der Waals surface area contributed by atoms with Gasteiger partial charge in [-0.05, 0) is 37.7 Å². The molecule has 0 aliphatic heterocycles. The molecule has 1 aliphatic rings. The quantitative estimate of drug-likeness (QED) is 0.729. The Balaban J connectivity index is 2.09. The molecule has 2 rings (SSSR count). The summed E-state index contributed by atoms with van der Waals surface area (Å²) < 4.78 is 0. The average Bonchev–Trinajstić information content (AvgIpc) is 2.30. The first-order valence-corrected chi connectivity index (χ1v) is 5.67. The van der Waals surface area contributed by atoms with E-state index in [2.05, 4.69) is 31.2 Å². The van der Waals surface area contributed by atoms with Crippen LogP contribution in [0, 0.1) is 12.8 Å². The second kappa shape index (κ2) is 4.63. The Morgan fingerprint density at radius 3 is 2.53 bits per heavy atom. The second-order valence-electron chi connectivity index (χ2n) is 4.40. The fourth-order valence-electron chi connectivity index (χ4n) is 2.14. The number of aliphatic hydroxyl groups is 1. The van der Waals surface area contributed by atoms with Crippen LogP contribution < -0.4 is 0 Å². The Bertz CT molecular complexity index is 337. The minimum Gasteiger partial charge on any atom is -0.388 e. The van der Waals surface area contributed by atoms with E-state index in [4.69, 9.17) is 0 Å². The molecule has 2 unspecified atom stereocenters. The predicted molar refractivity (Wildman–Crippen MR) is 62.6 cm³/mol. The molecule has 1 aromatic rings. The lowest BCUT2D eigenvalue weighted by molar-refractivity contribution is 0.102. The standard InChI is InChI=1S/C14H18O/c1-11-7-9-13(10-8-11)14(15)12-5-3-2-4-6-12/h2-3,7-10,12,14-15H,4-6H2,1H3.